The SMILES string of the molecule is Nc1ccc(N(CCO)S(N)(=O)=O)cc1. The Labute approximate surface area is 88.3 Å². The van der Waals surface area contributed by atoms with E-state index in [2.05, 4.69) is 0 Å². The number of hydrogen-bond acceptors (Lipinski definition) is 4. The summed E-state index contributed by atoms with van der Waals surface area (Å²) >= 11 is 0. The summed E-state index contributed by atoms with van der Waals surface area (Å²) in [6.07, 6.45) is 0. The van der Waals surface area contributed by atoms with Crippen LogP contribution in [0.5, 0.6) is 0 Å². The molecule has 1 aromatic rings. The van der Waals surface area contributed by atoms with Crippen LogP contribution in [-0.2, 0) is 10.2 Å². The minimum Gasteiger partial charge on any atom is -0.399 e. The molecule has 0 heterocycles. The Kier molecular flexibility index (Phi) is 3.51. The van der Waals surface area contributed by atoms with Gasteiger partial charge in [-0.15, -0.1) is 0 Å². The van der Waals surface area contributed by atoms with Crippen molar-refractivity contribution in [2.45, 2.75) is 0 Å². The molecule has 0 fully saturated rings. The zero-order valence-electron chi connectivity index (χ0n) is 8.00. The Morgan fingerprint density at radius 1 is 1.27 bits per heavy atom. The van der Waals surface area contributed by atoms with Crippen molar-refractivity contribution in [3.05, 3.63) is 24.3 Å². The third-order valence-electron chi connectivity index (χ3n) is 1.79. The Hall–Kier alpha value is -1.31. The Morgan fingerprint density at radius 2 is 1.80 bits per heavy atom. The van der Waals surface area contributed by atoms with Crippen LogP contribution in [0.1, 0.15) is 0 Å². The second-order valence-corrected chi connectivity index (χ2v) is 4.40. The second kappa shape index (κ2) is 4.47. The highest BCUT2D eigenvalue weighted by Gasteiger charge is 2.16. The first kappa shape index (κ1) is 11.8. The van der Waals surface area contributed by atoms with Gasteiger partial charge in [0.1, 0.15) is 0 Å². The first-order valence-electron chi connectivity index (χ1n) is 4.22. The van der Waals surface area contributed by atoms with Gasteiger partial charge in [-0.2, -0.15) is 8.42 Å². The van der Waals surface area contributed by atoms with Gasteiger partial charge in [0.05, 0.1) is 18.8 Å². The summed E-state index contributed by atoms with van der Waals surface area (Å²) in [5.41, 5.74) is 6.36. The molecule has 1 rings (SSSR count). The molecule has 0 radical (unpaired) electrons. The van der Waals surface area contributed by atoms with E-state index in [1.54, 1.807) is 12.1 Å². The molecule has 7 heteroatoms. The molecule has 0 aliphatic rings. The number of aliphatic hydroxyl groups is 1. The Bertz CT molecular complexity index is 415. The van der Waals surface area contributed by atoms with Crippen LogP contribution >= 0.6 is 0 Å². The molecule has 0 aliphatic heterocycles. The predicted molar refractivity (Wildman–Crippen MR) is 58.4 cm³/mol. The normalized spacial score (nSPS) is 11.3. The fourth-order valence-electron chi connectivity index (χ4n) is 1.13. The lowest BCUT2D eigenvalue weighted by molar-refractivity contribution is 0.306. The molecule has 0 saturated heterocycles. The highest BCUT2D eigenvalue weighted by molar-refractivity contribution is 7.90. The molecule has 0 aliphatic carbocycles. The topological polar surface area (TPSA) is 110 Å². The van der Waals surface area contributed by atoms with Gasteiger partial charge in [-0.1, -0.05) is 0 Å². The second-order valence-electron chi connectivity index (χ2n) is 2.93. The standard InChI is InChI=1S/C8H13N3O3S/c9-7-1-3-8(4-2-7)11(5-6-12)15(10,13)14/h1-4,12H,5-6,9H2,(H2,10,13,14). The van der Waals surface area contributed by atoms with Crippen molar-refractivity contribution in [2.24, 2.45) is 5.14 Å². The molecule has 0 amide bonds. The predicted octanol–water partition coefficient (Wildman–Crippen LogP) is -0.729. The van der Waals surface area contributed by atoms with Crippen molar-refractivity contribution in [1.29, 1.82) is 0 Å². The third kappa shape index (κ3) is 3.08. The van der Waals surface area contributed by atoms with Crippen LogP contribution in [0.3, 0.4) is 0 Å². The van der Waals surface area contributed by atoms with Crippen LogP contribution in [0, 0.1) is 0 Å². The quantitative estimate of drug-likeness (QED) is 0.593. The zero-order chi connectivity index (χ0) is 11.5. The fourth-order valence-corrected chi connectivity index (χ4v) is 1.89. The molecule has 0 unspecified atom stereocenters. The van der Waals surface area contributed by atoms with Gasteiger partial charge in [0.2, 0.25) is 0 Å². The first-order chi connectivity index (χ1) is 6.95. The first-order valence-corrected chi connectivity index (χ1v) is 5.72. The van der Waals surface area contributed by atoms with Crippen LogP contribution in [0.15, 0.2) is 24.3 Å². The average molecular weight is 231 g/mol. The minimum absolute atomic E-state index is 0.0806. The fraction of sp³-hybridized carbons (Fsp3) is 0.250. The number of anilines is 2. The van der Waals surface area contributed by atoms with Crippen molar-refractivity contribution >= 4 is 21.6 Å². The Morgan fingerprint density at radius 3 is 2.20 bits per heavy atom. The van der Waals surface area contributed by atoms with E-state index in [1.165, 1.54) is 12.1 Å². The summed E-state index contributed by atoms with van der Waals surface area (Å²) in [4.78, 5) is 0. The van der Waals surface area contributed by atoms with E-state index in [4.69, 9.17) is 16.0 Å². The van der Waals surface area contributed by atoms with E-state index in [-0.39, 0.29) is 13.2 Å². The maximum Gasteiger partial charge on any atom is 0.299 e. The summed E-state index contributed by atoms with van der Waals surface area (Å²) in [5, 5.41) is 13.7. The van der Waals surface area contributed by atoms with Gasteiger partial charge in [0.15, 0.2) is 0 Å². The van der Waals surface area contributed by atoms with Gasteiger partial charge < -0.3 is 10.8 Å². The highest BCUT2D eigenvalue weighted by Crippen LogP contribution is 2.17. The van der Waals surface area contributed by atoms with Gasteiger partial charge in [0.25, 0.3) is 10.2 Å². The summed E-state index contributed by atoms with van der Waals surface area (Å²) in [5.74, 6) is 0. The smallest absolute Gasteiger partial charge is 0.299 e. The van der Waals surface area contributed by atoms with E-state index in [1.807, 2.05) is 0 Å². The number of rotatable bonds is 4. The van der Waals surface area contributed by atoms with Crippen LogP contribution < -0.4 is 15.2 Å². The molecular weight excluding hydrogens is 218 g/mol. The highest BCUT2D eigenvalue weighted by atomic mass is 32.2. The van der Waals surface area contributed by atoms with E-state index in [0.717, 1.165) is 4.31 Å². The summed E-state index contributed by atoms with van der Waals surface area (Å²) in [6.45, 7) is -0.385. The lowest BCUT2D eigenvalue weighted by Crippen LogP contribution is -2.38. The molecule has 15 heavy (non-hydrogen) atoms. The van der Waals surface area contributed by atoms with Gasteiger partial charge >= 0.3 is 0 Å². The monoisotopic (exact) mass is 231 g/mol. The van der Waals surface area contributed by atoms with E-state index in [0.29, 0.717) is 11.4 Å². The summed E-state index contributed by atoms with van der Waals surface area (Å²) < 4.78 is 23.2. The van der Waals surface area contributed by atoms with E-state index < -0.39 is 10.2 Å². The molecule has 6 nitrogen and oxygen atoms in total. The molecule has 0 aromatic heterocycles. The molecule has 1 aromatic carbocycles. The lowest BCUT2D eigenvalue weighted by Gasteiger charge is -2.20. The maximum atomic E-state index is 11.2. The van der Waals surface area contributed by atoms with E-state index in [9.17, 15) is 8.42 Å². The van der Waals surface area contributed by atoms with Gasteiger partial charge in [-0.3, -0.25) is 4.31 Å². The number of benzene rings is 1. The van der Waals surface area contributed by atoms with Crippen molar-refractivity contribution in [2.75, 3.05) is 23.2 Å². The number of hydrogen-bond donors (Lipinski definition) is 3. The Balaban J connectivity index is 3.05. The van der Waals surface area contributed by atoms with Crippen LogP contribution in [0.25, 0.3) is 0 Å². The van der Waals surface area contributed by atoms with Crippen LogP contribution in [0.2, 0.25) is 0 Å². The number of aliphatic hydroxyl groups excluding tert-OH is 1. The number of nitrogen functional groups attached to an aromatic ring is 1. The van der Waals surface area contributed by atoms with Crippen molar-refractivity contribution in [3.8, 4) is 0 Å². The summed E-state index contributed by atoms with van der Waals surface area (Å²) in [6, 6.07) is 6.17. The molecule has 84 valence electrons. The van der Waals surface area contributed by atoms with Gasteiger partial charge in [-0.25, -0.2) is 5.14 Å². The summed E-state index contributed by atoms with van der Waals surface area (Å²) in [7, 11) is -3.86. The van der Waals surface area contributed by atoms with Crippen molar-refractivity contribution in [1.82, 2.24) is 0 Å². The number of nitrogens with two attached hydrogens (primary N) is 2. The molecule has 5 N–H and O–H groups in total. The lowest BCUT2D eigenvalue weighted by atomic mass is 10.3. The third-order valence-corrected chi connectivity index (χ3v) is 2.80. The van der Waals surface area contributed by atoms with Crippen molar-refractivity contribution in [3.63, 3.8) is 0 Å². The molecule has 0 atom stereocenters. The van der Waals surface area contributed by atoms with E-state index >= 15 is 0 Å². The van der Waals surface area contributed by atoms with Crippen LogP contribution in [0.4, 0.5) is 11.4 Å². The average Bonchev–Trinajstić information content (AvgIpc) is 2.14. The molecule has 0 bridgehead atoms. The van der Waals surface area contributed by atoms with Gasteiger partial charge in [-0.05, 0) is 24.3 Å². The molecular formula is C8H13N3O3S. The molecule has 0 spiro atoms. The van der Waals surface area contributed by atoms with Crippen LogP contribution in [-0.4, -0.2) is 26.7 Å². The zero-order valence-corrected chi connectivity index (χ0v) is 8.81. The number of nitrogens with zero attached hydrogens (tertiary/aromatic N) is 1. The maximum absolute atomic E-state index is 11.2. The largest absolute Gasteiger partial charge is 0.399 e. The minimum atomic E-state index is -3.86. The van der Waals surface area contributed by atoms with Gasteiger partial charge in [0, 0.05) is 5.69 Å². The van der Waals surface area contributed by atoms with Crippen molar-refractivity contribution < 1.29 is 13.5 Å². The molecule has 0 saturated carbocycles.